The third kappa shape index (κ3) is 4.73. The highest BCUT2D eigenvalue weighted by Gasteiger charge is 2.40. The Labute approximate surface area is 203 Å². The van der Waals surface area contributed by atoms with Crippen LogP contribution >= 0.6 is 22.9 Å². The van der Waals surface area contributed by atoms with E-state index in [0.717, 1.165) is 41.1 Å². The number of hydrogen-bond acceptors (Lipinski definition) is 6. The summed E-state index contributed by atoms with van der Waals surface area (Å²) < 4.78 is 11.4. The summed E-state index contributed by atoms with van der Waals surface area (Å²) in [5, 5.41) is 3.89. The van der Waals surface area contributed by atoms with Crippen LogP contribution in [0, 0.1) is 0 Å². The minimum absolute atomic E-state index is 0.100. The first-order valence-electron chi connectivity index (χ1n) is 11.3. The molecule has 1 aromatic carbocycles. The van der Waals surface area contributed by atoms with Gasteiger partial charge in [-0.3, -0.25) is 4.79 Å². The number of thiophene rings is 1. The quantitative estimate of drug-likeness (QED) is 0.482. The number of ketones is 1. The number of dihydropyridines is 1. The van der Waals surface area contributed by atoms with Gasteiger partial charge in [-0.1, -0.05) is 30.7 Å². The van der Waals surface area contributed by atoms with Crippen LogP contribution in [0.5, 0.6) is 5.75 Å². The van der Waals surface area contributed by atoms with Gasteiger partial charge < -0.3 is 14.8 Å². The van der Waals surface area contributed by atoms with Crippen LogP contribution in [0.15, 0.2) is 52.9 Å². The molecule has 174 valence electrons. The second-order valence-electron chi connectivity index (χ2n) is 8.16. The molecule has 1 aromatic heterocycles. The maximum absolute atomic E-state index is 13.0. The number of allylic oxidation sites excluding steroid dienone is 3. The first-order chi connectivity index (χ1) is 15.9. The topological polar surface area (TPSA) is 64.6 Å². The van der Waals surface area contributed by atoms with Gasteiger partial charge in [-0.2, -0.15) is 0 Å². The number of hydrogen-bond donors (Lipinski definition) is 1. The zero-order valence-corrected chi connectivity index (χ0v) is 20.7. The molecule has 0 saturated heterocycles. The average molecular weight is 486 g/mol. The van der Waals surface area contributed by atoms with Crippen LogP contribution in [0.4, 0.5) is 0 Å². The Morgan fingerprint density at radius 3 is 2.76 bits per heavy atom. The first kappa shape index (κ1) is 23.6. The highest BCUT2D eigenvalue weighted by atomic mass is 35.5. The lowest BCUT2D eigenvalue weighted by molar-refractivity contribution is -0.138. The lowest BCUT2D eigenvalue weighted by Gasteiger charge is -2.33. The van der Waals surface area contributed by atoms with E-state index in [-0.39, 0.29) is 18.4 Å². The monoisotopic (exact) mass is 485 g/mol. The summed E-state index contributed by atoms with van der Waals surface area (Å²) in [6.07, 6.45) is 2.95. The smallest absolute Gasteiger partial charge is 0.336 e. The number of ether oxygens (including phenoxy) is 2. The molecule has 0 saturated carbocycles. The van der Waals surface area contributed by atoms with Gasteiger partial charge in [0.2, 0.25) is 0 Å². The molecule has 2 aliphatic rings. The third-order valence-corrected chi connectivity index (χ3v) is 7.71. The fraction of sp³-hybridized carbons (Fsp3) is 0.385. The molecule has 0 amide bonds. The van der Waals surface area contributed by atoms with Crippen LogP contribution in [0.3, 0.4) is 0 Å². The number of halogens is 1. The molecular weight excluding hydrogens is 458 g/mol. The molecule has 2 aromatic rings. The molecule has 33 heavy (non-hydrogen) atoms. The highest BCUT2D eigenvalue weighted by Crippen LogP contribution is 2.45. The molecule has 1 aliphatic carbocycles. The Hall–Kier alpha value is -2.57. The van der Waals surface area contributed by atoms with Crippen LogP contribution in [-0.2, 0) is 27.4 Å². The highest BCUT2D eigenvalue weighted by molar-refractivity contribution is 7.12. The summed E-state index contributed by atoms with van der Waals surface area (Å²) in [5.41, 5.74) is 3.96. The molecule has 1 N–H and O–H groups in total. The van der Waals surface area contributed by atoms with Crippen molar-refractivity contribution >= 4 is 34.7 Å². The van der Waals surface area contributed by atoms with E-state index in [4.69, 9.17) is 21.1 Å². The normalized spacial score (nSPS) is 18.2. The number of carbonyl (C=O) groups is 2. The average Bonchev–Trinajstić information content (AvgIpc) is 3.21. The van der Waals surface area contributed by atoms with Crippen molar-refractivity contribution in [2.24, 2.45) is 0 Å². The molecule has 0 spiro atoms. The summed E-state index contributed by atoms with van der Waals surface area (Å²) >= 11 is 7.89. The number of benzene rings is 1. The Kier molecular flexibility index (Phi) is 7.25. The van der Waals surface area contributed by atoms with Crippen LogP contribution < -0.4 is 10.1 Å². The fourth-order valence-electron chi connectivity index (χ4n) is 4.52. The molecule has 1 atom stereocenters. The molecule has 0 bridgehead atoms. The molecule has 7 heteroatoms. The summed E-state index contributed by atoms with van der Waals surface area (Å²) in [6, 6.07) is 9.47. The molecule has 0 radical (unpaired) electrons. The Balaban J connectivity index is 1.74. The van der Waals surface area contributed by atoms with E-state index in [1.54, 1.807) is 24.3 Å². The minimum atomic E-state index is -0.419. The van der Waals surface area contributed by atoms with Gasteiger partial charge >= 0.3 is 5.97 Å². The second kappa shape index (κ2) is 10.1. The lowest BCUT2D eigenvalue weighted by Crippen LogP contribution is -2.34. The van der Waals surface area contributed by atoms with Crippen LogP contribution in [-0.4, -0.2) is 18.4 Å². The van der Waals surface area contributed by atoms with Gasteiger partial charge in [0.1, 0.15) is 12.4 Å². The number of carbonyl (C=O) groups excluding carboxylic acids is 2. The minimum Gasteiger partial charge on any atom is -0.487 e. The van der Waals surface area contributed by atoms with E-state index in [1.807, 2.05) is 25.1 Å². The van der Waals surface area contributed by atoms with Gasteiger partial charge in [0.05, 0.1) is 23.1 Å². The predicted molar refractivity (Wildman–Crippen MR) is 131 cm³/mol. The maximum Gasteiger partial charge on any atom is 0.336 e. The second-order valence-corrected chi connectivity index (χ2v) is 9.73. The van der Waals surface area contributed by atoms with E-state index in [1.165, 1.54) is 4.88 Å². The van der Waals surface area contributed by atoms with Crippen LogP contribution in [0.2, 0.25) is 5.02 Å². The van der Waals surface area contributed by atoms with Crippen molar-refractivity contribution in [3.63, 3.8) is 0 Å². The van der Waals surface area contributed by atoms with Gasteiger partial charge in [0.15, 0.2) is 5.78 Å². The number of rotatable bonds is 7. The van der Waals surface area contributed by atoms with Gasteiger partial charge in [0.25, 0.3) is 0 Å². The molecule has 1 aliphatic heterocycles. The molecule has 0 unspecified atom stereocenters. The Morgan fingerprint density at radius 1 is 1.24 bits per heavy atom. The number of nitrogens with one attached hydrogen (secondary N) is 1. The zero-order valence-electron chi connectivity index (χ0n) is 19.1. The molecule has 2 heterocycles. The number of esters is 1. The van der Waals surface area contributed by atoms with Crippen molar-refractivity contribution in [1.82, 2.24) is 5.32 Å². The van der Waals surface area contributed by atoms with Crippen molar-refractivity contribution in [2.75, 3.05) is 6.61 Å². The van der Waals surface area contributed by atoms with E-state index in [9.17, 15) is 9.59 Å². The first-order valence-corrected chi connectivity index (χ1v) is 12.5. The summed E-state index contributed by atoms with van der Waals surface area (Å²) in [4.78, 5) is 28.2. The van der Waals surface area contributed by atoms with E-state index in [2.05, 4.69) is 18.3 Å². The van der Waals surface area contributed by atoms with Crippen LogP contribution in [0.25, 0.3) is 0 Å². The lowest BCUT2D eigenvalue weighted by atomic mass is 9.78. The van der Waals surface area contributed by atoms with Gasteiger partial charge in [0, 0.05) is 38.7 Å². The molecule has 4 rings (SSSR count). The van der Waals surface area contributed by atoms with E-state index < -0.39 is 5.92 Å². The van der Waals surface area contributed by atoms with E-state index >= 15 is 0 Å². The zero-order chi connectivity index (χ0) is 23.5. The maximum atomic E-state index is 13.0. The van der Waals surface area contributed by atoms with Crippen molar-refractivity contribution in [3.05, 3.63) is 73.2 Å². The van der Waals surface area contributed by atoms with Crippen molar-refractivity contribution < 1.29 is 19.1 Å². The summed E-state index contributed by atoms with van der Waals surface area (Å²) in [6.45, 7) is 6.42. The molecule has 5 nitrogen and oxygen atoms in total. The molecule has 0 fully saturated rings. The Morgan fingerprint density at radius 2 is 2.03 bits per heavy atom. The number of aryl methyl sites for hydroxylation is 1. The largest absolute Gasteiger partial charge is 0.487 e. The van der Waals surface area contributed by atoms with Crippen LogP contribution in [0.1, 0.15) is 61.3 Å². The van der Waals surface area contributed by atoms with Gasteiger partial charge in [-0.05, 0) is 51.3 Å². The van der Waals surface area contributed by atoms with Gasteiger partial charge in [-0.25, -0.2) is 4.79 Å². The standard InChI is InChI=1S/C26H28ClNO4S/c1-4-21-16(14-32-20-12-7-6-9-17(20)27)13-22(33-21)25-23(26(30)31-5-2)15(3)28-18-10-8-11-19(29)24(18)25/h6-7,9,12-13,25,28H,4-5,8,10-11,14H2,1-3H3/t25-/m0/s1. The molecular formula is C26H28ClNO4S. The van der Waals surface area contributed by atoms with Gasteiger partial charge in [-0.15, -0.1) is 11.3 Å². The number of para-hydroxylation sites is 1. The Bertz CT molecular complexity index is 1150. The third-order valence-electron chi connectivity index (χ3n) is 6.01. The van der Waals surface area contributed by atoms with Crippen molar-refractivity contribution in [1.29, 1.82) is 0 Å². The fourth-order valence-corrected chi connectivity index (χ4v) is 5.94. The number of Topliss-reactive ketones (excluding diaryl/α,β-unsaturated/α-hetero) is 1. The SMILES string of the molecule is CCOC(=O)C1=C(C)NC2=C(C(=O)CCC2)[C@H]1c1cc(COc2ccccc2Cl)c(CC)s1. The summed E-state index contributed by atoms with van der Waals surface area (Å²) in [5.74, 6) is -0.0650. The predicted octanol–water partition coefficient (Wildman–Crippen LogP) is 6.07. The van der Waals surface area contributed by atoms with E-state index in [0.29, 0.717) is 34.9 Å². The van der Waals surface area contributed by atoms with Crippen molar-refractivity contribution in [2.45, 2.75) is 59.0 Å². The van der Waals surface area contributed by atoms with Crippen molar-refractivity contribution in [3.8, 4) is 5.75 Å². The summed E-state index contributed by atoms with van der Waals surface area (Å²) in [7, 11) is 0.